The van der Waals surface area contributed by atoms with Gasteiger partial charge in [0.15, 0.2) is 5.72 Å². The standard InChI is InChI=1S/C7H12ClNO2/c8-9-7(11-6-10)4-2-1-3-5-7/h6,9H,1-5H2. The first-order valence-electron chi connectivity index (χ1n) is 3.82. The Kier molecular flexibility index (Phi) is 3.15. The molecule has 3 nitrogen and oxygen atoms in total. The van der Waals surface area contributed by atoms with E-state index in [1.165, 1.54) is 6.42 Å². The number of carbonyl (C=O) groups is 1. The van der Waals surface area contributed by atoms with Gasteiger partial charge in [-0.05, 0) is 24.6 Å². The lowest BCUT2D eigenvalue weighted by Gasteiger charge is -2.33. The van der Waals surface area contributed by atoms with Crippen LogP contribution in [0.25, 0.3) is 0 Å². The van der Waals surface area contributed by atoms with Crippen LogP contribution in [0.5, 0.6) is 0 Å². The van der Waals surface area contributed by atoms with Gasteiger partial charge in [0.05, 0.1) is 0 Å². The lowest BCUT2D eigenvalue weighted by molar-refractivity contribution is -0.148. The molecule has 0 aromatic carbocycles. The molecule has 0 heterocycles. The first kappa shape index (κ1) is 8.81. The van der Waals surface area contributed by atoms with E-state index in [9.17, 15) is 4.79 Å². The smallest absolute Gasteiger partial charge is 0.294 e. The van der Waals surface area contributed by atoms with Crippen molar-refractivity contribution in [2.24, 2.45) is 0 Å². The predicted octanol–water partition coefficient (Wildman–Crippen LogP) is 1.56. The zero-order chi connectivity index (χ0) is 8.16. The van der Waals surface area contributed by atoms with Crippen LogP contribution >= 0.6 is 11.8 Å². The molecule has 0 atom stereocenters. The van der Waals surface area contributed by atoms with Gasteiger partial charge >= 0.3 is 0 Å². The summed E-state index contributed by atoms with van der Waals surface area (Å²) in [5.41, 5.74) is -0.582. The molecule has 1 N–H and O–H groups in total. The highest BCUT2D eigenvalue weighted by molar-refractivity contribution is 6.13. The van der Waals surface area contributed by atoms with Gasteiger partial charge in [-0.25, -0.2) is 0 Å². The molecular formula is C7H12ClNO2. The summed E-state index contributed by atoms with van der Waals surface area (Å²) >= 11 is 5.48. The third-order valence-corrected chi connectivity index (χ3v) is 2.45. The van der Waals surface area contributed by atoms with E-state index in [-0.39, 0.29) is 0 Å². The maximum absolute atomic E-state index is 10.1. The molecule has 0 amide bonds. The molecule has 4 heteroatoms. The van der Waals surface area contributed by atoms with E-state index in [0.29, 0.717) is 6.47 Å². The van der Waals surface area contributed by atoms with Gasteiger partial charge in [-0.2, -0.15) is 4.84 Å². The Morgan fingerprint density at radius 3 is 2.45 bits per heavy atom. The Hall–Kier alpha value is -0.280. The second-order valence-electron chi connectivity index (χ2n) is 2.86. The minimum absolute atomic E-state index is 0.459. The maximum Gasteiger partial charge on any atom is 0.294 e. The van der Waals surface area contributed by atoms with Crippen LogP contribution in [0.1, 0.15) is 32.1 Å². The van der Waals surface area contributed by atoms with Crippen molar-refractivity contribution < 1.29 is 9.53 Å². The average molecular weight is 178 g/mol. The zero-order valence-corrected chi connectivity index (χ0v) is 7.06. The highest BCUT2D eigenvalue weighted by Crippen LogP contribution is 2.28. The van der Waals surface area contributed by atoms with Gasteiger partial charge in [-0.1, -0.05) is 6.42 Å². The van der Waals surface area contributed by atoms with E-state index in [4.69, 9.17) is 16.5 Å². The number of halogens is 1. The van der Waals surface area contributed by atoms with E-state index in [1.54, 1.807) is 0 Å². The molecule has 11 heavy (non-hydrogen) atoms. The third kappa shape index (κ3) is 2.07. The van der Waals surface area contributed by atoms with Crippen LogP contribution in [0.2, 0.25) is 0 Å². The summed E-state index contributed by atoms with van der Waals surface area (Å²) in [5.74, 6) is 0. The van der Waals surface area contributed by atoms with Crippen LogP contribution in [0.15, 0.2) is 0 Å². The summed E-state index contributed by atoms with van der Waals surface area (Å²) in [6, 6.07) is 0. The molecule has 1 rings (SSSR count). The molecule has 1 aliphatic carbocycles. The Labute approximate surface area is 71.2 Å². The first-order valence-corrected chi connectivity index (χ1v) is 4.20. The molecule has 64 valence electrons. The summed E-state index contributed by atoms with van der Waals surface area (Å²) in [5, 5.41) is 0. The van der Waals surface area contributed by atoms with Crippen LogP contribution in [-0.4, -0.2) is 12.2 Å². The fourth-order valence-corrected chi connectivity index (χ4v) is 1.68. The van der Waals surface area contributed by atoms with Gasteiger partial charge in [-0.15, -0.1) is 0 Å². The summed E-state index contributed by atoms with van der Waals surface area (Å²) < 4.78 is 4.90. The SMILES string of the molecule is O=COC1(NCl)CCCCC1. The Balaban J connectivity index is 2.49. The highest BCUT2D eigenvalue weighted by Gasteiger charge is 2.32. The fourth-order valence-electron chi connectivity index (χ4n) is 1.45. The van der Waals surface area contributed by atoms with Crippen LogP contribution < -0.4 is 4.84 Å². The Morgan fingerprint density at radius 1 is 1.36 bits per heavy atom. The van der Waals surface area contributed by atoms with Crippen molar-refractivity contribution in [1.82, 2.24) is 4.84 Å². The van der Waals surface area contributed by atoms with Gasteiger partial charge in [0.1, 0.15) is 0 Å². The van der Waals surface area contributed by atoms with Crippen molar-refractivity contribution >= 4 is 18.2 Å². The van der Waals surface area contributed by atoms with E-state index < -0.39 is 5.72 Å². The number of hydrogen-bond donors (Lipinski definition) is 1. The predicted molar refractivity (Wildman–Crippen MR) is 42.0 cm³/mol. The number of ether oxygens (including phenoxy) is 1. The number of carbonyl (C=O) groups excluding carboxylic acids is 1. The van der Waals surface area contributed by atoms with Crippen LogP contribution in [-0.2, 0) is 9.53 Å². The molecule has 1 saturated carbocycles. The van der Waals surface area contributed by atoms with Crippen LogP contribution in [0, 0.1) is 0 Å². The monoisotopic (exact) mass is 177 g/mol. The molecular weight excluding hydrogens is 166 g/mol. The maximum atomic E-state index is 10.1. The van der Waals surface area contributed by atoms with Gasteiger partial charge in [0.25, 0.3) is 6.47 Å². The van der Waals surface area contributed by atoms with Crippen molar-refractivity contribution in [2.75, 3.05) is 0 Å². The molecule has 0 unspecified atom stereocenters. The first-order chi connectivity index (χ1) is 5.33. The van der Waals surface area contributed by atoms with Crippen molar-refractivity contribution in [2.45, 2.75) is 37.8 Å². The molecule has 0 spiro atoms. The molecule has 0 aliphatic heterocycles. The van der Waals surface area contributed by atoms with Crippen molar-refractivity contribution in [3.8, 4) is 0 Å². The van der Waals surface area contributed by atoms with Gasteiger partial charge in [-0.3, -0.25) is 4.79 Å². The zero-order valence-electron chi connectivity index (χ0n) is 6.31. The number of hydrogen-bond acceptors (Lipinski definition) is 3. The highest BCUT2D eigenvalue weighted by atomic mass is 35.5. The topological polar surface area (TPSA) is 38.3 Å². The Bertz CT molecular complexity index is 134. The summed E-state index contributed by atoms with van der Waals surface area (Å²) in [6.45, 7) is 0.459. The van der Waals surface area contributed by atoms with E-state index in [0.717, 1.165) is 25.7 Å². The van der Waals surface area contributed by atoms with Gasteiger partial charge < -0.3 is 4.74 Å². The van der Waals surface area contributed by atoms with Crippen LogP contribution in [0.3, 0.4) is 0 Å². The van der Waals surface area contributed by atoms with Gasteiger partial charge in [0.2, 0.25) is 0 Å². The van der Waals surface area contributed by atoms with Gasteiger partial charge in [0, 0.05) is 12.8 Å². The molecule has 0 aromatic heterocycles. The quantitative estimate of drug-likeness (QED) is 0.404. The minimum atomic E-state index is -0.582. The Morgan fingerprint density at radius 2 is 2.00 bits per heavy atom. The second kappa shape index (κ2) is 3.93. The summed E-state index contributed by atoms with van der Waals surface area (Å²) in [4.78, 5) is 12.7. The third-order valence-electron chi connectivity index (χ3n) is 2.11. The minimum Gasteiger partial charge on any atom is -0.445 e. The molecule has 1 fully saturated rings. The lowest BCUT2D eigenvalue weighted by Crippen LogP contribution is -2.44. The van der Waals surface area contributed by atoms with E-state index in [1.807, 2.05) is 0 Å². The number of rotatable bonds is 3. The van der Waals surface area contributed by atoms with E-state index in [2.05, 4.69) is 4.84 Å². The average Bonchev–Trinajstić information content (AvgIpc) is 2.07. The van der Waals surface area contributed by atoms with E-state index >= 15 is 0 Å². The molecule has 1 aliphatic rings. The molecule has 0 bridgehead atoms. The molecule has 0 saturated heterocycles. The lowest BCUT2D eigenvalue weighted by atomic mass is 9.92. The van der Waals surface area contributed by atoms with Crippen molar-refractivity contribution in [3.63, 3.8) is 0 Å². The molecule has 0 aromatic rings. The fraction of sp³-hybridized carbons (Fsp3) is 0.857. The number of nitrogens with one attached hydrogen (secondary N) is 1. The second-order valence-corrected chi connectivity index (χ2v) is 3.05. The van der Waals surface area contributed by atoms with Crippen molar-refractivity contribution in [1.29, 1.82) is 0 Å². The van der Waals surface area contributed by atoms with Crippen molar-refractivity contribution in [3.05, 3.63) is 0 Å². The summed E-state index contributed by atoms with van der Waals surface area (Å²) in [7, 11) is 0. The van der Waals surface area contributed by atoms with Crippen LogP contribution in [0.4, 0.5) is 0 Å². The largest absolute Gasteiger partial charge is 0.445 e. The normalized spacial score (nSPS) is 22.6. The molecule has 0 radical (unpaired) electrons. The summed E-state index contributed by atoms with van der Waals surface area (Å²) in [6.07, 6.45) is 4.95.